The highest BCUT2D eigenvalue weighted by Gasteiger charge is 2.33. The van der Waals surface area contributed by atoms with Crippen molar-refractivity contribution in [1.29, 1.82) is 0 Å². The lowest BCUT2D eigenvalue weighted by Gasteiger charge is -2.20. The molecule has 0 unspecified atom stereocenters. The molecular weight excluding hydrogens is 324 g/mol. The molecule has 0 aromatic heterocycles. The Morgan fingerprint density at radius 2 is 2.05 bits per heavy atom. The van der Waals surface area contributed by atoms with Crippen molar-refractivity contribution in [2.75, 3.05) is 13.1 Å². The molecule has 0 aliphatic heterocycles. The van der Waals surface area contributed by atoms with Crippen LogP contribution in [-0.4, -0.2) is 25.8 Å². The molecule has 1 saturated carbocycles. The van der Waals surface area contributed by atoms with Gasteiger partial charge in [-0.1, -0.05) is 29.1 Å². The number of sulfonamides is 1. The van der Waals surface area contributed by atoms with Gasteiger partial charge in [0.1, 0.15) is 4.90 Å². The van der Waals surface area contributed by atoms with Crippen LogP contribution in [0, 0.1) is 24.1 Å². The van der Waals surface area contributed by atoms with Gasteiger partial charge in [0.15, 0.2) is 5.82 Å². The highest BCUT2D eigenvalue weighted by molar-refractivity contribution is 7.89. The molecule has 0 saturated heterocycles. The van der Waals surface area contributed by atoms with Gasteiger partial charge in [0.25, 0.3) is 0 Å². The second-order valence-corrected chi connectivity index (χ2v) is 7.31. The summed E-state index contributed by atoms with van der Waals surface area (Å²) in [5.41, 5.74) is 0. The second-order valence-electron chi connectivity index (χ2n) is 4.62. The van der Waals surface area contributed by atoms with E-state index < -0.39 is 20.9 Å². The van der Waals surface area contributed by atoms with Crippen LogP contribution in [0.4, 0.5) is 4.39 Å². The first-order valence-electron chi connectivity index (χ1n) is 5.95. The van der Waals surface area contributed by atoms with E-state index in [4.69, 9.17) is 29.6 Å². The quantitative estimate of drug-likeness (QED) is 0.612. The predicted molar refractivity (Wildman–Crippen MR) is 76.7 cm³/mol. The molecular formula is C13H12Cl2FNO2S. The summed E-state index contributed by atoms with van der Waals surface area (Å²) in [5, 5.41) is -0.727. The SMILES string of the molecule is C#CCN(CC1CC1)S(=O)(=O)c1ccc(Cl)c(F)c1Cl. The molecule has 7 heteroatoms. The van der Waals surface area contributed by atoms with Crippen molar-refractivity contribution in [2.45, 2.75) is 17.7 Å². The first-order valence-corrected chi connectivity index (χ1v) is 8.14. The van der Waals surface area contributed by atoms with Gasteiger partial charge in [-0.05, 0) is 30.9 Å². The maximum atomic E-state index is 13.7. The van der Waals surface area contributed by atoms with Crippen LogP contribution in [0.5, 0.6) is 0 Å². The molecule has 0 N–H and O–H groups in total. The second kappa shape index (κ2) is 5.90. The monoisotopic (exact) mass is 335 g/mol. The average molecular weight is 336 g/mol. The molecule has 2 rings (SSSR count). The molecule has 0 heterocycles. The topological polar surface area (TPSA) is 37.4 Å². The van der Waals surface area contributed by atoms with Crippen LogP contribution in [0.25, 0.3) is 0 Å². The Balaban J connectivity index is 2.42. The van der Waals surface area contributed by atoms with Crippen LogP contribution in [-0.2, 0) is 10.0 Å². The largest absolute Gasteiger partial charge is 0.245 e. The zero-order valence-electron chi connectivity index (χ0n) is 10.4. The van der Waals surface area contributed by atoms with Gasteiger partial charge in [0, 0.05) is 6.54 Å². The van der Waals surface area contributed by atoms with Crippen molar-refractivity contribution < 1.29 is 12.8 Å². The Hall–Kier alpha value is -0.800. The lowest BCUT2D eigenvalue weighted by molar-refractivity contribution is 0.429. The molecule has 0 radical (unpaired) electrons. The Morgan fingerprint density at radius 3 is 2.60 bits per heavy atom. The molecule has 3 nitrogen and oxygen atoms in total. The van der Waals surface area contributed by atoms with E-state index in [1.54, 1.807) is 0 Å². The molecule has 1 aliphatic rings. The van der Waals surface area contributed by atoms with Crippen LogP contribution in [0.2, 0.25) is 10.0 Å². The van der Waals surface area contributed by atoms with Crippen molar-refractivity contribution in [3.05, 3.63) is 28.0 Å². The van der Waals surface area contributed by atoms with Gasteiger partial charge in [-0.2, -0.15) is 4.31 Å². The van der Waals surface area contributed by atoms with Crippen molar-refractivity contribution in [3.63, 3.8) is 0 Å². The third kappa shape index (κ3) is 3.09. The first kappa shape index (κ1) is 15.6. The molecule has 0 amide bonds. The predicted octanol–water partition coefficient (Wildman–Crippen LogP) is 3.17. The molecule has 0 atom stereocenters. The summed E-state index contributed by atoms with van der Waals surface area (Å²) in [6.07, 6.45) is 7.15. The van der Waals surface area contributed by atoms with Gasteiger partial charge < -0.3 is 0 Å². The normalized spacial score (nSPS) is 15.3. The van der Waals surface area contributed by atoms with Crippen LogP contribution in [0.15, 0.2) is 17.0 Å². The standard InChI is InChI=1S/C13H12Cl2FNO2S/c1-2-7-17(8-9-3-4-9)20(18,19)11-6-5-10(14)13(16)12(11)15/h1,5-6,9H,3-4,7-8H2. The summed E-state index contributed by atoms with van der Waals surface area (Å²) < 4.78 is 39.8. The lowest BCUT2D eigenvalue weighted by Crippen LogP contribution is -2.33. The van der Waals surface area contributed by atoms with Crippen LogP contribution in [0.1, 0.15) is 12.8 Å². The van der Waals surface area contributed by atoms with E-state index in [2.05, 4.69) is 5.92 Å². The fourth-order valence-electron chi connectivity index (χ4n) is 1.78. The van der Waals surface area contributed by atoms with Crippen LogP contribution in [0.3, 0.4) is 0 Å². The van der Waals surface area contributed by atoms with E-state index in [9.17, 15) is 12.8 Å². The van der Waals surface area contributed by atoms with Crippen molar-refractivity contribution >= 4 is 33.2 Å². The molecule has 0 spiro atoms. The zero-order chi connectivity index (χ0) is 14.9. The maximum absolute atomic E-state index is 13.7. The minimum absolute atomic E-state index is 0.0700. The minimum atomic E-state index is -3.93. The average Bonchev–Trinajstić information content (AvgIpc) is 3.19. The smallest absolute Gasteiger partial charge is 0.207 e. The minimum Gasteiger partial charge on any atom is -0.207 e. The number of hydrogen-bond acceptors (Lipinski definition) is 2. The summed E-state index contributed by atoms with van der Waals surface area (Å²) in [6.45, 7) is 0.256. The number of hydrogen-bond donors (Lipinski definition) is 0. The van der Waals surface area contributed by atoms with Crippen LogP contribution < -0.4 is 0 Å². The Bertz CT molecular complexity index is 666. The zero-order valence-corrected chi connectivity index (χ0v) is 12.8. The maximum Gasteiger partial charge on any atom is 0.245 e. The van der Waals surface area contributed by atoms with Gasteiger partial charge in [-0.3, -0.25) is 0 Å². The number of benzene rings is 1. The van der Waals surface area contributed by atoms with Crippen LogP contribution >= 0.6 is 23.2 Å². The molecule has 1 fully saturated rings. The molecule has 1 aliphatic carbocycles. The highest BCUT2D eigenvalue weighted by Crippen LogP contribution is 2.34. The molecule has 0 bridgehead atoms. The molecule has 1 aromatic rings. The molecule has 108 valence electrons. The van der Waals surface area contributed by atoms with E-state index in [0.717, 1.165) is 17.1 Å². The van der Waals surface area contributed by atoms with Gasteiger partial charge in [0.05, 0.1) is 16.6 Å². The van der Waals surface area contributed by atoms with E-state index in [-0.39, 0.29) is 16.5 Å². The third-order valence-electron chi connectivity index (χ3n) is 3.04. The van der Waals surface area contributed by atoms with E-state index >= 15 is 0 Å². The third-order valence-corrected chi connectivity index (χ3v) is 5.67. The van der Waals surface area contributed by atoms with Crippen molar-refractivity contribution in [2.24, 2.45) is 5.92 Å². The summed E-state index contributed by atoms with van der Waals surface area (Å²) >= 11 is 11.3. The van der Waals surface area contributed by atoms with E-state index in [1.165, 1.54) is 12.1 Å². The summed E-state index contributed by atoms with van der Waals surface area (Å²) in [6, 6.07) is 2.36. The van der Waals surface area contributed by atoms with Crippen molar-refractivity contribution in [3.8, 4) is 12.3 Å². The Kier molecular flexibility index (Phi) is 4.60. The van der Waals surface area contributed by atoms with Crippen molar-refractivity contribution in [1.82, 2.24) is 4.31 Å². The molecule has 1 aromatic carbocycles. The van der Waals surface area contributed by atoms with Gasteiger partial charge in [-0.15, -0.1) is 6.42 Å². The fourth-order valence-corrected chi connectivity index (χ4v) is 3.93. The lowest BCUT2D eigenvalue weighted by atomic mass is 10.3. The fraction of sp³-hybridized carbons (Fsp3) is 0.385. The summed E-state index contributed by atoms with van der Waals surface area (Å²) in [5.74, 6) is 1.68. The number of terminal acetylenes is 1. The number of nitrogens with zero attached hydrogens (tertiary/aromatic N) is 1. The number of rotatable bonds is 5. The van der Waals surface area contributed by atoms with E-state index in [0.29, 0.717) is 12.5 Å². The number of halogens is 3. The first-order chi connectivity index (χ1) is 9.37. The summed E-state index contributed by atoms with van der Waals surface area (Å²) in [7, 11) is -3.93. The summed E-state index contributed by atoms with van der Waals surface area (Å²) in [4.78, 5) is -0.308. The highest BCUT2D eigenvalue weighted by atomic mass is 35.5. The Labute approximate surface area is 127 Å². The Morgan fingerprint density at radius 1 is 1.40 bits per heavy atom. The molecule has 20 heavy (non-hydrogen) atoms. The van der Waals surface area contributed by atoms with E-state index in [1.807, 2.05) is 0 Å². The van der Waals surface area contributed by atoms with Gasteiger partial charge >= 0.3 is 0 Å². The van der Waals surface area contributed by atoms with Gasteiger partial charge in [-0.25, -0.2) is 12.8 Å². The van der Waals surface area contributed by atoms with Gasteiger partial charge in [0.2, 0.25) is 10.0 Å².